The van der Waals surface area contributed by atoms with Gasteiger partial charge in [0.15, 0.2) is 0 Å². The van der Waals surface area contributed by atoms with E-state index in [9.17, 15) is 0 Å². The summed E-state index contributed by atoms with van der Waals surface area (Å²) in [6.45, 7) is 2.73. The van der Waals surface area contributed by atoms with Crippen molar-refractivity contribution in [3.8, 4) is 35.2 Å². The molecule has 0 atom stereocenters. The van der Waals surface area contributed by atoms with E-state index < -0.39 is 0 Å². The summed E-state index contributed by atoms with van der Waals surface area (Å²) in [5.74, 6) is 4.57. The Labute approximate surface area is 128 Å². The van der Waals surface area contributed by atoms with E-state index in [2.05, 4.69) is 20.9 Å². The molecule has 0 radical (unpaired) electrons. The molecular formula is C17H15N3O2. The van der Waals surface area contributed by atoms with Crippen LogP contribution in [0.3, 0.4) is 0 Å². The second-order valence-electron chi connectivity index (χ2n) is 4.56. The summed E-state index contributed by atoms with van der Waals surface area (Å²) < 4.78 is 11.2. The maximum atomic E-state index is 5.68. The number of aromatic amines is 1. The largest absolute Gasteiger partial charge is 0.493 e. The maximum absolute atomic E-state index is 5.68. The first-order valence-electron chi connectivity index (χ1n) is 6.95. The van der Waals surface area contributed by atoms with E-state index in [-0.39, 0.29) is 6.61 Å². The van der Waals surface area contributed by atoms with Gasteiger partial charge in [0.25, 0.3) is 0 Å². The smallest absolute Gasteiger partial charge is 0.148 e. The highest BCUT2D eigenvalue weighted by Crippen LogP contribution is 2.33. The van der Waals surface area contributed by atoms with E-state index in [1.165, 1.54) is 0 Å². The highest BCUT2D eigenvalue weighted by molar-refractivity contribution is 5.80. The van der Waals surface area contributed by atoms with Gasteiger partial charge < -0.3 is 14.5 Å². The van der Waals surface area contributed by atoms with Crippen molar-refractivity contribution >= 4 is 11.0 Å². The Morgan fingerprint density at radius 1 is 1.27 bits per heavy atom. The van der Waals surface area contributed by atoms with Gasteiger partial charge in [-0.1, -0.05) is 5.92 Å². The lowest BCUT2D eigenvalue weighted by Gasteiger charge is -2.10. The molecule has 3 rings (SSSR count). The van der Waals surface area contributed by atoms with Crippen molar-refractivity contribution < 1.29 is 9.47 Å². The number of H-pyrrole nitrogens is 1. The summed E-state index contributed by atoms with van der Waals surface area (Å²) >= 11 is 0. The Bertz CT molecular complexity index is 800. The van der Waals surface area contributed by atoms with Crippen LogP contribution >= 0.6 is 0 Å². The van der Waals surface area contributed by atoms with Crippen molar-refractivity contribution in [1.29, 1.82) is 0 Å². The van der Waals surface area contributed by atoms with E-state index in [0.29, 0.717) is 18.2 Å². The number of fused-ring (bicyclic) bond motifs is 1. The molecule has 0 saturated carbocycles. The molecule has 3 aromatic rings. The van der Waals surface area contributed by atoms with Crippen LogP contribution in [-0.4, -0.2) is 28.2 Å². The fourth-order valence-corrected chi connectivity index (χ4v) is 2.17. The predicted molar refractivity (Wildman–Crippen MR) is 84.8 cm³/mol. The molecule has 0 unspecified atom stereocenters. The SMILES string of the molecule is C#CCOc1ccc(OCC)c(-c2nc3cnccc3[nH]2)c1. The molecule has 0 aliphatic heterocycles. The van der Waals surface area contributed by atoms with E-state index in [4.69, 9.17) is 15.9 Å². The topological polar surface area (TPSA) is 60.0 Å². The van der Waals surface area contributed by atoms with E-state index in [0.717, 1.165) is 22.3 Å². The minimum absolute atomic E-state index is 0.220. The third-order valence-electron chi connectivity index (χ3n) is 3.11. The highest BCUT2D eigenvalue weighted by Gasteiger charge is 2.12. The van der Waals surface area contributed by atoms with Crippen LogP contribution in [0.5, 0.6) is 11.5 Å². The number of benzene rings is 1. The molecule has 0 aliphatic rings. The molecule has 0 saturated heterocycles. The molecule has 0 bridgehead atoms. The molecule has 1 aromatic carbocycles. The van der Waals surface area contributed by atoms with Gasteiger partial charge in [0.2, 0.25) is 0 Å². The van der Waals surface area contributed by atoms with Crippen LogP contribution in [0, 0.1) is 12.3 Å². The molecule has 5 nitrogen and oxygen atoms in total. The van der Waals surface area contributed by atoms with Gasteiger partial charge in [0.05, 0.1) is 23.9 Å². The molecule has 0 fully saturated rings. The summed E-state index contributed by atoms with van der Waals surface area (Å²) in [5, 5.41) is 0. The van der Waals surface area contributed by atoms with Crippen molar-refractivity contribution in [1.82, 2.24) is 15.0 Å². The van der Waals surface area contributed by atoms with Crippen LogP contribution in [0.15, 0.2) is 36.7 Å². The van der Waals surface area contributed by atoms with Crippen molar-refractivity contribution in [3.05, 3.63) is 36.7 Å². The van der Waals surface area contributed by atoms with Crippen LogP contribution in [0.2, 0.25) is 0 Å². The Morgan fingerprint density at radius 3 is 2.95 bits per heavy atom. The second-order valence-corrected chi connectivity index (χ2v) is 4.56. The Hall–Kier alpha value is -3.00. The van der Waals surface area contributed by atoms with Gasteiger partial charge in [-0.05, 0) is 31.2 Å². The fraction of sp³-hybridized carbons (Fsp3) is 0.176. The molecule has 2 aromatic heterocycles. The Balaban J connectivity index is 2.07. The first-order valence-corrected chi connectivity index (χ1v) is 6.95. The maximum Gasteiger partial charge on any atom is 0.148 e. The number of aromatic nitrogens is 3. The van der Waals surface area contributed by atoms with Gasteiger partial charge in [-0.2, -0.15) is 0 Å². The molecule has 0 aliphatic carbocycles. The van der Waals surface area contributed by atoms with Gasteiger partial charge in [0.1, 0.15) is 29.4 Å². The van der Waals surface area contributed by atoms with Crippen molar-refractivity contribution in [2.24, 2.45) is 0 Å². The summed E-state index contributed by atoms with van der Waals surface area (Å²) in [4.78, 5) is 11.9. The number of terminal acetylenes is 1. The number of pyridine rings is 1. The van der Waals surface area contributed by atoms with Crippen LogP contribution < -0.4 is 9.47 Å². The molecule has 22 heavy (non-hydrogen) atoms. The number of nitrogens with zero attached hydrogens (tertiary/aromatic N) is 2. The zero-order valence-electron chi connectivity index (χ0n) is 12.2. The lowest BCUT2D eigenvalue weighted by Crippen LogP contribution is -1.98. The average Bonchev–Trinajstić information content (AvgIpc) is 2.98. The fourth-order valence-electron chi connectivity index (χ4n) is 2.17. The molecule has 1 N–H and O–H groups in total. The van der Waals surface area contributed by atoms with E-state index >= 15 is 0 Å². The average molecular weight is 293 g/mol. The van der Waals surface area contributed by atoms with E-state index in [1.807, 2.05) is 31.2 Å². The van der Waals surface area contributed by atoms with Crippen molar-refractivity contribution in [2.45, 2.75) is 6.92 Å². The monoisotopic (exact) mass is 293 g/mol. The summed E-state index contributed by atoms with van der Waals surface area (Å²) in [6.07, 6.45) is 8.67. The lowest BCUT2D eigenvalue weighted by atomic mass is 10.2. The zero-order valence-corrected chi connectivity index (χ0v) is 12.2. The van der Waals surface area contributed by atoms with E-state index in [1.54, 1.807) is 12.4 Å². The molecule has 5 heteroatoms. The van der Waals surface area contributed by atoms with Crippen molar-refractivity contribution in [3.63, 3.8) is 0 Å². The Kier molecular flexibility index (Phi) is 3.92. The third-order valence-corrected chi connectivity index (χ3v) is 3.11. The quantitative estimate of drug-likeness (QED) is 0.735. The predicted octanol–water partition coefficient (Wildman–Crippen LogP) is 3.04. The first-order chi connectivity index (χ1) is 10.8. The zero-order chi connectivity index (χ0) is 15.4. The lowest BCUT2D eigenvalue weighted by molar-refractivity contribution is 0.338. The van der Waals surface area contributed by atoms with Gasteiger partial charge >= 0.3 is 0 Å². The summed E-state index contributed by atoms with van der Waals surface area (Å²) in [5.41, 5.74) is 2.55. The first kappa shape index (κ1) is 14.0. The molecule has 0 spiro atoms. The van der Waals surface area contributed by atoms with Gasteiger partial charge in [-0.3, -0.25) is 4.98 Å². The molecular weight excluding hydrogens is 278 g/mol. The molecule has 2 heterocycles. The number of nitrogens with one attached hydrogen (secondary N) is 1. The molecule has 110 valence electrons. The number of imidazole rings is 1. The normalized spacial score (nSPS) is 10.4. The van der Waals surface area contributed by atoms with Crippen molar-refractivity contribution in [2.75, 3.05) is 13.2 Å². The number of rotatable bonds is 5. The minimum Gasteiger partial charge on any atom is -0.493 e. The highest BCUT2D eigenvalue weighted by atomic mass is 16.5. The second kappa shape index (κ2) is 6.19. The van der Waals surface area contributed by atoms with Crippen LogP contribution in [-0.2, 0) is 0 Å². The minimum atomic E-state index is 0.220. The number of hydrogen-bond acceptors (Lipinski definition) is 4. The Morgan fingerprint density at radius 2 is 2.18 bits per heavy atom. The van der Waals surface area contributed by atoms with Gasteiger partial charge in [-0.15, -0.1) is 6.42 Å². The van der Waals surface area contributed by atoms with Gasteiger partial charge in [-0.25, -0.2) is 4.98 Å². The van der Waals surface area contributed by atoms with Crippen LogP contribution in [0.25, 0.3) is 22.4 Å². The summed E-state index contributed by atoms with van der Waals surface area (Å²) in [7, 11) is 0. The number of ether oxygens (including phenoxy) is 2. The standard InChI is InChI=1S/C17H15N3O2/c1-3-9-22-12-5-6-16(21-4-2)13(10-12)17-19-14-7-8-18-11-15(14)20-17/h1,5-8,10-11H,4,9H2,2H3,(H,19,20). The number of hydrogen-bond donors (Lipinski definition) is 1. The van der Waals surface area contributed by atoms with Crippen LogP contribution in [0.4, 0.5) is 0 Å². The molecule has 0 amide bonds. The van der Waals surface area contributed by atoms with Crippen LogP contribution in [0.1, 0.15) is 6.92 Å². The summed E-state index contributed by atoms with van der Waals surface area (Å²) in [6, 6.07) is 7.44. The third kappa shape index (κ3) is 2.72. The van der Waals surface area contributed by atoms with Gasteiger partial charge in [0, 0.05) is 6.20 Å².